The lowest BCUT2D eigenvalue weighted by Gasteiger charge is -2.08. The fourth-order valence-electron chi connectivity index (χ4n) is 1.32. The van der Waals surface area contributed by atoms with Gasteiger partial charge in [-0.05, 0) is 28.4 Å². The summed E-state index contributed by atoms with van der Waals surface area (Å²) in [5.41, 5.74) is 0.150. The molecule has 0 amide bonds. The van der Waals surface area contributed by atoms with Crippen LogP contribution >= 0.6 is 15.9 Å². The second-order valence-corrected chi connectivity index (χ2v) is 7.09. The normalized spacial score (nSPS) is 11.6. The van der Waals surface area contributed by atoms with Crippen LogP contribution in [0.15, 0.2) is 16.6 Å². The quantitative estimate of drug-likeness (QED) is 0.639. The fraction of sp³-hybridized carbons (Fsp3) is 0.455. The molecule has 0 spiro atoms. The Balaban J connectivity index is 2.52. The molecule has 18 heavy (non-hydrogen) atoms. The molecule has 3 nitrogen and oxygen atoms in total. The zero-order valence-electron chi connectivity index (χ0n) is 9.84. The summed E-state index contributed by atoms with van der Waals surface area (Å²) in [4.78, 5) is 0. The highest BCUT2D eigenvalue weighted by Gasteiger charge is 2.09. The van der Waals surface area contributed by atoms with Crippen LogP contribution in [0.5, 0.6) is 0 Å². The average Bonchev–Trinajstić information content (AvgIpc) is 2.31. The van der Waals surface area contributed by atoms with Crippen LogP contribution in [-0.2, 0) is 9.84 Å². The molecular formula is C11H14BrF2NO2S. The first-order chi connectivity index (χ1) is 8.35. The third kappa shape index (κ3) is 4.53. The van der Waals surface area contributed by atoms with Crippen LogP contribution in [0.4, 0.5) is 14.5 Å². The zero-order valence-corrected chi connectivity index (χ0v) is 12.2. The summed E-state index contributed by atoms with van der Waals surface area (Å²) in [6.45, 7) is 1.90. The lowest BCUT2D eigenvalue weighted by Crippen LogP contribution is -2.13. The maximum absolute atomic E-state index is 13.3. The van der Waals surface area contributed by atoms with Crippen LogP contribution in [-0.4, -0.2) is 26.5 Å². The number of hydrogen-bond acceptors (Lipinski definition) is 3. The Bertz CT molecular complexity index is 520. The molecule has 0 saturated carbocycles. The molecule has 0 aromatic heterocycles. The second-order valence-electron chi connectivity index (χ2n) is 3.76. The standard InChI is InChI=1S/C11H14BrF2NO2S/c1-2-18(16,17)5-3-4-15-11-6-8(12)9(13)7-10(11)14/h6-7,15H,2-5H2,1H3. The van der Waals surface area contributed by atoms with E-state index in [2.05, 4.69) is 21.2 Å². The Morgan fingerprint density at radius 1 is 1.28 bits per heavy atom. The Morgan fingerprint density at radius 2 is 1.94 bits per heavy atom. The van der Waals surface area contributed by atoms with E-state index in [4.69, 9.17) is 0 Å². The van der Waals surface area contributed by atoms with Crippen molar-refractivity contribution in [3.63, 3.8) is 0 Å². The number of benzene rings is 1. The van der Waals surface area contributed by atoms with Crippen molar-refractivity contribution in [2.45, 2.75) is 13.3 Å². The molecular weight excluding hydrogens is 328 g/mol. The summed E-state index contributed by atoms with van der Waals surface area (Å²) in [5, 5.41) is 2.74. The van der Waals surface area contributed by atoms with Gasteiger partial charge in [0.1, 0.15) is 21.5 Å². The van der Waals surface area contributed by atoms with E-state index in [9.17, 15) is 17.2 Å². The van der Waals surface area contributed by atoms with Gasteiger partial charge < -0.3 is 5.32 Å². The van der Waals surface area contributed by atoms with Crippen LogP contribution < -0.4 is 5.32 Å². The fourth-order valence-corrected chi connectivity index (χ4v) is 2.53. The molecule has 1 rings (SSSR count). The first-order valence-electron chi connectivity index (χ1n) is 5.44. The van der Waals surface area contributed by atoms with Gasteiger partial charge in [-0.1, -0.05) is 6.92 Å². The summed E-state index contributed by atoms with van der Waals surface area (Å²) in [5.74, 6) is -1.22. The highest BCUT2D eigenvalue weighted by molar-refractivity contribution is 9.10. The lowest BCUT2D eigenvalue weighted by molar-refractivity contribution is 0.580. The van der Waals surface area contributed by atoms with Gasteiger partial charge in [0, 0.05) is 18.4 Å². The van der Waals surface area contributed by atoms with Gasteiger partial charge >= 0.3 is 0 Å². The van der Waals surface area contributed by atoms with Gasteiger partial charge in [0.25, 0.3) is 0 Å². The van der Waals surface area contributed by atoms with Crippen molar-refractivity contribution in [3.05, 3.63) is 28.2 Å². The van der Waals surface area contributed by atoms with Gasteiger partial charge in [-0.3, -0.25) is 0 Å². The third-order valence-corrected chi connectivity index (χ3v) is 4.80. The SMILES string of the molecule is CCS(=O)(=O)CCCNc1cc(Br)c(F)cc1F. The average molecular weight is 342 g/mol. The van der Waals surface area contributed by atoms with Crippen molar-refractivity contribution in [1.29, 1.82) is 0 Å². The first-order valence-corrected chi connectivity index (χ1v) is 8.06. The first kappa shape index (κ1) is 15.4. The van der Waals surface area contributed by atoms with Crippen molar-refractivity contribution in [3.8, 4) is 0 Å². The maximum Gasteiger partial charge on any atom is 0.150 e. The maximum atomic E-state index is 13.3. The van der Waals surface area contributed by atoms with E-state index in [1.165, 1.54) is 6.07 Å². The van der Waals surface area contributed by atoms with Crippen LogP contribution in [0.2, 0.25) is 0 Å². The Kier molecular flexibility index (Phi) is 5.52. The molecule has 1 aromatic carbocycles. The number of nitrogens with one attached hydrogen (secondary N) is 1. The smallest absolute Gasteiger partial charge is 0.150 e. The number of anilines is 1. The summed E-state index contributed by atoms with van der Waals surface area (Å²) in [6.07, 6.45) is 0.380. The van der Waals surface area contributed by atoms with Crippen molar-refractivity contribution in [1.82, 2.24) is 0 Å². The van der Waals surface area contributed by atoms with Gasteiger partial charge in [0.2, 0.25) is 0 Å². The van der Waals surface area contributed by atoms with Gasteiger partial charge in [-0.15, -0.1) is 0 Å². The van der Waals surface area contributed by atoms with Crippen LogP contribution in [0.25, 0.3) is 0 Å². The van der Waals surface area contributed by atoms with Crippen LogP contribution in [0, 0.1) is 11.6 Å². The Morgan fingerprint density at radius 3 is 2.56 bits per heavy atom. The van der Waals surface area contributed by atoms with Gasteiger partial charge in [0.05, 0.1) is 15.9 Å². The van der Waals surface area contributed by atoms with Crippen molar-refractivity contribution in [2.75, 3.05) is 23.4 Å². The summed E-state index contributed by atoms with van der Waals surface area (Å²) < 4.78 is 48.9. The number of sulfone groups is 1. The third-order valence-electron chi connectivity index (χ3n) is 2.40. The number of halogens is 3. The molecule has 1 N–H and O–H groups in total. The molecule has 0 aliphatic carbocycles. The minimum atomic E-state index is -3.00. The molecule has 0 bridgehead atoms. The lowest BCUT2D eigenvalue weighted by atomic mass is 10.3. The highest BCUT2D eigenvalue weighted by Crippen LogP contribution is 2.23. The predicted molar refractivity (Wildman–Crippen MR) is 71.5 cm³/mol. The summed E-state index contributed by atoms with van der Waals surface area (Å²) in [6, 6.07) is 2.06. The predicted octanol–water partition coefficient (Wildman–Crippen LogP) is 2.96. The molecule has 0 unspecified atom stereocenters. The second kappa shape index (κ2) is 6.47. The molecule has 0 aliphatic heterocycles. The van der Waals surface area contributed by atoms with E-state index < -0.39 is 21.5 Å². The minimum Gasteiger partial charge on any atom is -0.383 e. The van der Waals surface area contributed by atoms with E-state index in [1.807, 2.05) is 0 Å². The topological polar surface area (TPSA) is 46.2 Å². The van der Waals surface area contributed by atoms with Crippen molar-refractivity contribution in [2.24, 2.45) is 0 Å². The summed E-state index contributed by atoms with van der Waals surface area (Å²) >= 11 is 2.95. The Labute approximate surface area is 114 Å². The Hall–Kier alpha value is -0.690. The molecule has 0 atom stereocenters. The van der Waals surface area contributed by atoms with Crippen LogP contribution in [0.1, 0.15) is 13.3 Å². The van der Waals surface area contributed by atoms with E-state index in [1.54, 1.807) is 6.92 Å². The molecule has 0 heterocycles. The van der Waals surface area contributed by atoms with Crippen molar-refractivity contribution < 1.29 is 17.2 Å². The van der Waals surface area contributed by atoms with Crippen molar-refractivity contribution >= 4 is 31.5 Å². The van der Waals surface area contributed by atoms with Crippen LogP contribution in [0.3, 0.4) is 0 Å². The highest BCUT2D eigenvalue weighted by atomic mass is 79.9. The molecule has 0 radical (unpaired) electrons. The molecule has 1 aromatic rings. The number of rotatable bonds is 6. The number of hydrogen-bond donors (Lipinski definition) is 1. The molecule has 0 fully saturated rings. The van der Waals surface area contributed by atoms with E-state index >= 15 is 0 Å². The zero-order chi connectivity index (χ0) is 13.8. The molecule has 0 aliphatic rings. The largest absolute Gasteiger partial charge is 0.383 e. The molecule has 102 valence electrons. The van der Waals surface area contributed by atoms with Gasteiger partial charge in [-0.2, -0.15) is 0 Å². The summed E-state index contributed by atoms with van der Waals surface area (Å²) in [7, 11) is -3.00. The van der Waals surface area contributed by atoms with Gasteiger partial charge in [-0.25, -0.2) is 17.2 Å². The molecule has 7 heteroatoms. The molecule has 0 saturated heterocycles. The van der Waals surface area contributed by atoms with Gasteiger partial charge in [0.15, 0.2) is 0 Å². The van der Waals surface area contributed by atoms with E-state index in [-0.39, 0.29) is 21.7 Å². The van der Waals surface area contributed by atoms with E-state index in [0.717, 1.165) is 6.07 Å². The monoisotopic (exact) mass is 341 g/mol. The van der Waals surface area contributed by atoms with E-state index in [0.29, 0.717) is 13.0 Å². The minimum absolute atomic E-state index is 0.0560.